The molecule has 1 aromatic heterocycles. The van der Waals surface area contributed by atoms with Crippen molar-refractivity contribution in [1.29, 1.82) is 0 Å². The van der Waals surface area contributed by atoms with E-state index in [1.807, 2.05) is 19.1 Å². The predicted octanol–water partition coefficient (Wildman–Crippen LogP) is 2.36. The minimum Gasteiger partial charge on any atom is -0.378 e. The van der Waals surface area contributed by atoms with Crippen LogP contribution in [-0.4, -0.2) is 30.1 Å². The Hall–Kier alpha value is -1.42. The van der Waals surface area contributed by atoms with Crippen LogP contribution in [0.25, 0.3) is 0 Å². The van der Waals surface area contributed by atoms with Gasteiger partial charge in [-0.15, -0.1) is 0 Å². The van der Waals surface area contributed by atoms with Crippen LogP contribution in [0, 0.1) is 11.8 Å². The summed E-state index contributed by atoms with van der Waals surface area (Å²) in [6, 6.07) is 3.80. The largest absolute Gasteiger partial charge is 0.378 e. The van der Waals surface area contributed by atoms with Crippen LogP contribution in [0.4, 0.5) is 0 Å². The van der Waals surface area contributed by atoms with Crippen LogP contribution in [0.15, 0.2) is 24.5 Å². The Morgan fingerprint density at radius 3 is 2.95 bits per heavy atom. The van der Waals surface area contributed by atoms with E-state index in [0.717, 1.165) is 18.6 Å². The third-order valence-electron chi connectivity index (χ3n) is 4.04. The fourth-order valence-corrected chi connectivity index (χ4v) is 2.78. The fourth-order valence-electron chi connectivity index (χ4n) is 2.78. The molecule has 1 aliphatic rings. The van der Waals surface area contributed by atoms with Crippen molar-refractivity contribution in [3.63, 3.8) is 0 Å². The average Bonchev–Trinajstić information content (AvgIpc) is 2.93. The summed E-state index contributed by atoms with van der Waals surface area (Å²) in [6.07, 6.45) is 4.77. The minimum atomic E-state index is -0.163. The van der Waals surface area contributed by atoms with Crippen LogP contribution in [-0.2, 0) is 9.53 Å². The van der Waals surface area contributed by atoms with Crippen molar-refractivity contribution in [2.45, 2.75) is 39.2 Å². The first kappa shape index (κ1) is 15.0. The number of pyridine rings is 1. The molecule has 1 aromatic rings. The van der Waals surface area contributed by atoms with Crippen molar-refractivity contribution < 1.29 is 9.53 Å². The zero-order valence-corrected chi connectivity index (χ0v) is 12.5. The highest BCUT2D eigenvalue weighted by atomic mass is 16.5. The number of carbonyl (C=O) groups excluding carboxylic acids is 1. The number of ether oxygens (including phenoxy) is 1. The van der Waals surface area contributed by atoms with Gasteiger partial charge in [-0.25, -0.2) is 0 Å². The van der Waals surface area contributed by atoms with Gasteiger partial charge in [-0.1, -0.05) is 19.9 Å². The molecule has 4 heteroatoms. The normalized spacial score (nSPS) is 23.8. The third-order valence-corrected chi connectivity index (χ3v) is 4.04. The Morgan fingerprint density at radius 2 is 2.30 bits per heavy atom. The smallest absolute Gasteiger partial charge is 0.227 e. The first-order chi connectivity index (χ1) is 9.59. The summed E-state index contributed by atoms with van der Waals surface area (Å²) in [7, 11) is 0. The molecule has 0 unspecified atom stereocenters. The maximum absolute atomic E-state index is 12.2. The second-order valence-corrected chi connectivity index (χ2v) is 5.88. The molecule has 110 valence electrons. The molecule has 0 spiro atoms. The molecule has 20 heavy (non-hydrogen) atoms. The van der Waals surface area contributed by atoms with Crippen molar-refractivity contribution >= 4 is 5.91 Å². The Bertz CT molecular complexity index is 433. The lowest BCUT2D eigenvalue weighted by molar-refractivity contribution is -0.122. The second-order valence-electron chi connectivity index (χ2n) is 5.88. The molecular formula is C16H24N2O2. The van der Waals surface area contributed by atoms with Crippen LogP contribution in [0.2, 0.25) is 0 Å². The molecule has 1 aliphatic heterocycles. The molecule has 0 radical (unpaired) electrons. The number of amides is 1. The van der Waals surface area contributed by atoms with Gasteiger partial charge >= 0.3 is 0 Å². The lowest BCUT2D eigenvalue weighted by Gasteiger charge is -2.23. The van der Waals surface area contributed by atoms with Gasteiger partial charge in [0, 0.05) is 31.5 Å². The Morgan fingerprint density at radius 1 is 1.50 bits per heavy atom. The van der Waals surface area contributed by atoms with E-state index < -0.39 is 0 Å². The quantitative estimate of drug-likeness (QED) is 0.898. The molecule has 0 saturated carbocycles. The monoisotopic (exact) mass is 276 g/mol. The van der Waals surface area contributed by atoms with E-state index in [1.54, 1.807) is 12.4 Å². The molecule has 0 bridgehead atoms. The van der Waals surface area contributed by atoms with Gasteiger partial charge in [0.15, 0.2) is 0 Å². The van der Waals surface area contributed by atoms with Crippen molar-refractivity contribution in [2.24, 2.45) is 11.8 Å². The van der Waals surface area contributed by atoms with Crippen LogP contribution >= 0.6 is 0 Å². The van der Waals surface area contributed by atoms with Crippen LogP contribution < -0.4 is 5.32 Å². The van der Waals surface area contributed by atoms with Crippen molar-refractivity contribution in [1.82, 2.24) is 10.3 Å². The number of aromatic nitrogens is 1. The molecule has 0 aromatic carbocycles. The van der Waals surface area contributed by atoms with Crippen molar-refractivity contribution in [2.75, 3.05) is 13.2 Å². The van der Waals surface area contributed by atoms with E-state index in [-0.39, 0.29) is 17.9 Å². The van der Waals surface area contributed by atoms with Crippen LogP contribution in [0.5, 0.6) is 0 Å². The number of rotatable bonds is 5. The first-order valence-electron chi connectivity index (χ1n) is 7.39. The predicted molar refractivity (Wildman–Crippen MR) is 78.3 cm³/mol. The fraction of sp³-hybridized carbons (Fsp3) is 0.625. The second kappa shape index (κ2) is 6.84. The summed E-state index contributed by atoms with van der Waals surface area (Å²) >= 11 is 0. The van der Waals surface area contributed by atoms with E-state index in [2.05, 4.69) is 24.1 Å². The molecule has 2 heterocycles. The van der Waals surface area contributed by atoms with Crippen molar-refractivity contribution in [3.8, 4) is 0 Å². The van der Waals surface area contributed by atoms with Gasteiger partial charge < -0.3 is 10.1 Å². The summed E-state index contributed by atoms with van der Waals surface area (Å²) in [5.74, 6) is 0.825. The van der Waals surface area contributed by atoms with Gasteiger partial charge in [0.2, 0.25) is 5.91 Å². The van der Waals surface area contributed by atoms with Gasteiger partial charge in [0.1, 0.15) is 0 Å². The molecule has 3 atom stereocenters. The van der Waals surface area contributed by atoms with Gasteiger partial charge in [-0.05, 0) is 30.9 Å². The molecule has 4 nitrogen and oxygen atoms in total. The van der Waals surface area contributed by atoms with E-state index in [9.17, 15) is 4.79 Å². The summed E-state index contributed by atoms with van der Waals surface area (Å²) < 4.78 is 5.74. The summed E-state index contributed by atoms with van der Waals surface area (Å²) in [6.45, 7) is 7.76. The number of hydrogen-bond donors (Lipinski definition) is 1. The molecular weight excluding hydrogens is 252 g/mol. The van der Waals surface area contributed by atoms with Crippen LogP contribution in [0.3, 0.4) is 0 Å². The molecule has 1 amide bonds. The van der Waals surface area contributed by atoms with E-state index in [0.29, 0.717) is 18.4 Å². The highest BCUT2D eigenvalue weighted by Gasteiger charge is 2.31. The Labute approximate surface area is 120 Å². The Kier molecular flexibility index (Phi) is 5.12. The maximum Gasteiger partial charge on any atom is 0.227 e. The highest BCUT2D eigenvalue weighted by molar-refractivity contribution is 5.83. The van der Waals surface area contributed by atoms with Gasteiger partial charge in [0.25, 0.3) is 0 Å². The summed E-state index contributed by atoms with van der Waals surface area (Å²) in [5.41, 5.74) is 0.952. The molecule has 1 N–H and O–H groups in total. The topological polar surface area (TPSA) is 51.2 Å². The lowest BCUT2D eigenvalue weighted by Crippen LogP contribution is -2.36. The van der Waals surface area contributed by atoms with Gasteiger partial charge in [0.05, 0.1) is 12.0 Å². The van der Waals surface area contributed by atoms with Gasteiger partial charge in [-0.3, -0.25) is 9.78 Å². The number of nitrogens with zero attached hydrogens (tertiary/aromatic N) is 1. The minimum absolute atomic E-state index is 0.0624. The van der Waals surface area contributed by atoms with Crippen molar-refractivity contribution in [3.05, 3.63) is 30.1 Å². The van der Waals surface area contributed by atoms with E-state index >= 15 is 0 Å². The molecule has 0 aliphatic carbocycles. The van der Waals surface area contributed by atoms with Gasteiger partial charge in [-0.2, -0.15) is 0 Å². The lowest BCUT2D eigenvalue weighted by atomic mass is 9.92. The standard InChI is InChI=1S/C16H24N2O2/c1-11(2)15-14(6-8-20-15)10-18-16(19)12(3)13-5-4-7-17-9-13/h4-5,7,9,11-12,14-15H,6,8,10H2,1-3H3,(H,18,19)/t12-,14+,15+/m0/s1. The molecule has 1 fully saturated rings. The maximum atomic E-state index is 12.2. The Balaban J connectivity index is 1.86. The third kappa shape index (κ3) is 3.57. The zero-order chi connectivity index (χ0) is 14.5. The average molecular weight is 276 g/mol. The first-order valence-corrected chi connectivity index (χ1v) is 7.39. The number of hydrogen-bond acceptors (Lipinski definition) is 3. The zero-order valence-electron chi connectivity index (χ0n) is 12.5. The number of nitrogens with one attached hydrogen (secondary N) is 1. The summed E-state index contributed by atoms with van der Waals surface area (Å²) in [5, 5.41) is 3.06. The van der Waals surface area contributed by atoms with E-state index in [4.69, 9.17) is 4.74 Å². The van der Waals surface area contributed by atoms with E-state index in [1.165, 1.54) is 0 Å². The molecule has 2 rings (SSSR count). The summed E-state index contributed by atoms with van der Waals surface area (Å²) in [4.78, 5) is 16.3. The molecule has 1 saturated heterocycles. The SMILES string of the molecule is CC(C)[C@H]1OCC[C@@H]1CNC(=O)[C@@H](C)c1cccnc1. The number of carbonyl (C=O) groups is 1. The van der Waals surface area contributed by atoms with Crippen LogP contribution in [0.1, 0.15) is 38.7 Å². The highest BCUT2D eigenvalue weighted by Crippen LogP contribution is 2.26.